The first-order valence-electron chi connectivity index (χ1n) is 10.7. The van der Waals surface area contributed by atoms with E-state index in [0.29, 0.717) is 25.9 Å². The van der Waals surface area contributed by atoms with Gasteiger partial charge in [-0.2, -0.15) is 0 Å². The largest absolute Gasteiger partial charge is 0.491 e. The molecule has 5 heteroatoms. The molecule has 0 aromatic heterocycles. The van der Waals surface area contributed by atoms with E-state index in [2.05, 4.69) is 5.32 Å². The fourth-order valence-electron chi connectivity index (χ4n) is 3.75. The lowest BCUT2D eigenvalue weighted by Crippen LogP contribution is -2.52. The van der Waals surface area contributed by atoms with Crippen LogP contribution in [0.2, 0.25) is 0 Å². The van der Waals surface area contributed by atoms with Crippen molar-refractivity contribution >= 4 is 11.8 Å². The summed E-state index contributed by atoms with van der Waals surface area (Å²) in [5, 5.41) is 3.02. The fraction of sp³-hybridized carbons (Fsp3) is 0.440. The van der Waals surface area contributed by atoms with Crippen molar-refractivity contribution in [1.82, 2.24) is 10.2 Å². The van der Waals surface area contributed by atoms with Gasteiger partial charge in [0.25, 0.3) is 0 Å². The van der Waals surface area contributed by atoms with Gasteiger partial charge in [-0.3, -0.25) is 9.59 Å². The Morgan fingerprint density at radius 2 is 1.70 bits per heavy atom. The minimum atomic E-state index is -0.477. The molecular formula is C25H32N2O3. The average Bonchev–Trinajstić information content (AvgIpc) is 2.71. The van der Waals surface area contributed by atoms with Gasteiger partial charge in [-0.15, -0.1) is 0 Å². The first kappa shape index (κ1) is 21.9. The summed E-state index contributed by atoms with van der Waals surface area (Å²) in [6, 6.07) is 15.3. The lowest BCUT2D eigenvalue weighted by atomic mass is 9.92. The van der Waals surface area contributed by atoms with E-state index in [9.17, 15) is 9.59 Å². The molecule has 0 aliphatic carbocycles. The van der Waals surface area contributed by atoms with E-state index in [4.69, 9.17) is 4.74 Å². The molecule has 0 fully saturated rings. The molecule has 2 aromatic rings. The van der Waals surface area contributed by atoms with Crippen LogP contribution >= 0.6 is 0 Å². The van der Waals surface area contributed by atoms with Crippen molar-refractivity contribution in [3.63, 3.8) is 0 Å². The topological polar surface area (TPSA) is 58.6 Å². The molecule has 1 aliphatic rings. The SMILES string of the molecule is CC(C)CC(=O)N1Cc2ccccc2CC1C(=O)NCc1ccc(OC(C)C)cc1. The summed E-state index contributed by atoms with van der Waals surface area (Å²) in [7, 11) is 0. The minimum absolute atomic E-state index is 0.0369. The van der Waals surface area contributed by atoms with Gasteiger partial charge in [-0.05, 0) is 48.6 Å². The summed E-state index contributed by atoms with van der Waals surface area (Å²) >= 11 is 0. The highest BCUT2D eigenvalue weighted by molar-refractivity contribution is 5.88. The monoisotopic (exact) mass is 408 g/mol. The Balaban J connectivity index is 1.69. The van der Waals surface area contributed by atoms with Crippen LogP contribution in [-0.4, -0.2) is 28.9 Å². The first-order chi connectivity index (χ1) is 14.3. The van der Waals surface area contributed by atoms with Crippen molar-refractivity contribution in [3.8, 4) is 5.75 Å². The van der Waals surface area contributed by atoms with Gasteiger partial charge in [0.15, 0.2) is 0 Å². The number of nitrogens with one attached hydrogen (secondary N) is 1. The fourth-order valence-corrected chi connectivity index (χ4v) is 3.75. The summed E-state index contributed by atoms with van der Waals surface area (Å²) in [4.78, 5) is 27.7. The van der Waals surface area contributed by atoms with E-state index in [1.807, 2.05) is 76.2 Å². The van der Waals surface area contributed by atoms with Crippen LogP contribution in [0.5, 0.6) is 5.75 Å². The number of carbonyl (C=O) groups excluding carboxylic acids is 2. The Hall–Kier alpha value is -2.82. The Bertz CT molecular complexity index is 874. The number of hydrogen-bond acceptors (Lipinski definition) is 3. The van der Waals surface area contributed by atoms with Gasteiger partial charge >= 0.3 is 0 Å². The van der Waals surface area contributed by atoms with Gasteiger partial charge in [0, 0.05) is 25.9 Å². The predicted octanol–water partition coefficient (Wildman–Crippen LogP) is 4.09. The molecule has 160 valence electrons. The summed E-state index contributed by atoms with van der Waals surface area (Å²) in [5.41, 5.74) is 3.26. The second kappa shape index (κ2) is 9.79. The van der Waals surface area contributed by atoms with Crippen molar-refractivity contribution in [1.29, 1.82) is 0 Å². The summed E-state index contributed by atoms with van der Waals surface area (Å²) in [6.45, 7) is 8.94. The molecule has 0 radical (unpaired) electrons. The molecule has 5 nitrogen and oxygen atoms in total. The molecule has 0 spiro atoms. The zero-order valence-corrected chi connectivity index (χ0v) is 18.4. The Kier molecular flexibility index (Phi) is 7.14. The van der Waals surface area contributed by atoms with Crippen LogP contribution in [0.15, 0.2) is 48.5 Å². The molecule has 1 N–H and O–H groups in total. The Morgan fingerprint density at radius 1 is 1.03 bits per heavy atom. The molecule has 1 heterocycles. The van der Waals surface area contributed by atoms with Crippen molar-refractivity contribution < 1.29 is 14.3 Å². The average molecular weight is 409 g/mol. The van der Waals surface area contributed by atoms with Gasteiger partial charge in [0.1, 0.15) is 11.8 Å². The first-order valence-corrected chi connectivity index (χ1v) is 10.7. The van der Waals surface area contributed by atoms with Gasteiger partial charge in [0.05, 0.1) is 6.10 Å². The maximum absolute atomic E-state index is 13.1. The molecule has 30 heavy (non-hydrogen) atoms. The second-order valence-corrected chi connectivity index (χ2v) is 8.64. The number of fused-ring (bicyclic) bond motifs is 1. The third-order valence-electron chi connectivity index (χ3n) is 5.22. The number of nitrogens with zero attached hydrogens (tertiary/aromatic N) is 1. The molecule has 1 atom stereocenters. The molecule has 1 aliphatic heterocycles. The number of ether oxygens (including phenoxy) is 1. The van der Waals surface area contributed by atoms with E-state index in [-0.39, 0.29) is 23.8 Å². The van der Waals surface area contributed by atoms with E-state index in [0.717, 1.165) is 22.4 Å². The van der Waals surface area contributed by atoms with Crippen LogP contribution in [-0.2, 0) is 29.1 Å². The zero-order chi connectivity index (χ0) is 21.7. The lowest BCUT2D eigenvalue weighted by molar-refractivity contribution is -0.142. The van der Waals surface area contributed by atoms with Crippen molar-refractivity contribution in [3.05, 3.63) is 65.2 Å². The highest BCUT2D eigenvalue weighted by atomic mass is 16.5. The smallest absolute Gasteiger partial charge is 0.243 e. The third kappa shape index (κ3) is 5.62. The standard InChI is InChI=1S/C25H32N2O3/c1-17(2)13-24(28)27-16-21-8-6-5-7-20(21)14-23(27)25(29)26-15-19-9-11-22(12-10-19)30-18(3)4/h5-12,17-18,23H,13-16H2,1-4H3,(H,26,29). The maximum Gasteiger partial charge on any atom is 0.243 e. The van der Waals surface area contributed by atoms with Crippen molar-refractivity contribution in [2.24, 2.45) is 5.92 Å². The van der Waals surface area contributed by atoms with E-state index in [1.54, 1.807) is 4.90 Å². The maximum atomic E-state index is 13.1. The highest BCUT2D eigenvalue weighted by Crippen LogP contribution is 2.25. The molecule has 2 amide bonds. The molecule has 0 saturated heterocycles. The quantitative estimate of drug-likeness (QED) is 0.751. The highest BCUT2D eigenvalue weighted by Gasteiger charge is 2.34. The molecule has 3 rings (SSSR count). The van der Waals surface area contributed by atoms with Crippen LogP contribution in [0.3, 0.4) is 0 Å². The van der Waals surface area contributed by atoms with Gasteiger partial charge in [-0.25, -0.2) is 0 Å². The zero-order valence-electron chi connectivity index (χ0n) is 18.4. The number of rotatable bonds is 7. The third-order valence-corrected chi connectivity index (χ3v) is 5.22. The summed E-state index contributed by atoms with van der Waals surface area (Å²) < 4.78 is 5.66. The molecule has 1 unspecified atom stereocenters. The van der Waals surface area contributed by atoms with E-state index < -0.39 is 6.04 Å². The van der Waals surface area contributed by atoms with E-state index >= 15 is 0 Å². The van der Waals surface area contributed by atoms with E-state index in [1.165, 1.54) is 0 Å². The molecule has 0 bridgehead atoms. The predicted molar refractivity (Wildman–Crippen MR) is 118 cm³/mol. The van der Waals surface area contributed by atoms with Gasteiger partial charge in [-0.1, -0.05) is 50.2 Å². The van der Waals surface area contributed by atoms with Gasteiger partial charge < -0.3 is 15.0 Å². The number of carbonyl (C=O) groups is 2. The van der Waals surface area contributed by atoms with Crippen LogP contribution in [0.25, 0.3) is 0 Å². The van der Waals surface area contributed by atoms with Crippen molar-refractivity contribution in [2.45, 2.75) is 65.8 Å². The normalized spacial score (nSPS) is 15.8. The van der Waals surface area contributed by atoms with Crippen molar-refractivity contribution in [2.75, 3.05) is 0 Å². The lowest BCUT2D eigenvalue weighted by Gasteiger charge is -2.36. The van der Waals surface area contributed by atoms with Crippen LogP contribution in [0.1, 0.15) is 50.8 Å². The number of benzene rings is 2. The summed E-state index contributed by atoms with van der Waals surface area (Å²) in [6.07, 6.45) is 1.12. The van der Waals surface area contributed by atoms with Gasteiger partial charge in [0.2, 0.25) is 11.8 Å². The van der Waals surface area contributed by atoms with Crippen LogP contribution in [0, 0.1) is 5.92 Å². The number of hydrogen-bond donors (Lipinski definition) is 1. The molecule has 0 saturated carbocycles. The summed E-state index contributed by atoms with van der Waals surface area (Å²) in [5.74, 6) is 0.998. The minimum Gasteiger partial charge on any atom is -0.491 e. The Morgan fingerprint density at radius 3 is 2.33 bits per heavy atom. The van der Waals surface area contributed by atoms with Crippen LogP contribution in [0.4, 0.5) is 0 Å². The molecular weight excluding hydrogens is 376 g/mol. The number of amides is 2. The van der Waals surface area contributed by atoms with Crippen LogP contribution < -0.4 is 10.1 Å². The Labute approximate surface area is 179 Å². The second-order valence-electron chi connectivity index (χ2n) is 8.64. The molecule has 2 aromatic carbocycles.